The van der Waals surface area contributed by atoms with Crippen LogP contribution in [0.1, 0.15) is 35.1 Å². The minimum absolute atomic E-state index is 0.0706. The number of sulfone groups is 1. The number of rotatable bonds is 9. The van der Waals surface area contributed by atoms with Gasteiger partial charge in [0.1, 0.15) is 11.6 Å². The minimum atomic E-state index is -3.60. The molecule has 0 aliphatic carbocycles. The molecule has 2 N–H and O–H groups in total. The number of carbonyl (C=O) groups excluding carboxylic acids is 1. The normalized spacial score (nSPS) is 12.3. The Balaban J connectivity index is 1.72. The van der Waals surface area contributed by atoms with Crippen molar-refractivity contribution in [2.24, 2.45) is 7.05 Å². The van der Waals surface area contributed by atoms with E-state index in [0.29, 0.717) is 17.3 Å². The van der Waals surface area contributed by atoms with E-state index in [1.807, 2.05) is 13.8 Å². The second-order valence-electron chi connectivity index (χ2n) is 7.42. The molecule has 0 saturated carbocycles. The lowest BCUT2D eigenvalue weighted by atomic mass is 10.2. The summed E-state index contributed by atoms with van der Waals surface area (Å²) in [6.45, 7) is 3.72. The largest absolute Gasteiger partial charge is 0.478 e. The van der Waals surface area contributed by atoms with E-state index in [1.165, 1.54) is 12.1 Å². The van der Waals surface area contributed by atoms with Gasteiger partial charge in [-0.3, -0.25) is 4.79 Å². The lowest BCUT2D eigenvalue weighted by molar-refractivity contribution is -0.115. The number of carboxylic acid groups (broad SMARTS) is 1. The standard InChI is InChI=1S/C22H24N4O5S2/c1-4-18(20(27)23-16-7-5-6-15(12-16)21(28)29)32-22-25-24-19(26(22)3)13-33(30,31)17-10-8-14(2)9-11-17/h5-12,18H,4,13H2,1-3H3,(H,23,27)(H,28,29). The Morgan fingerprint density at radius 3 is 2.48 bits per heavy atom. The fourth-order valence-corrected chi connectivity index (χ4v) is 5.22. The number of aromatic carboxylic acids is 1. The molecular weight excluding hydrogens is 464 g/mol. The van der Waals surface area contributed by atoms with Gasteiger partial charge in [-0.05, 0) is 43.7 Å². The van der Waals surface area contributed by atoms with Gasteiger partial charge in [0.15, 0.2) is 15.0 Å². The van der Waals surface area contributed by atoms with Crippen LogP contribution in [0.2, 0.25) is 0 Å². The van der Waals surface area contributed by atoms with Crippen molar-refractivity contribution in [2.75, 3.05) is 5.32 Å². The van der Waals surface area contributed by atoms with Gasteiger partial charge in [0, 0.05) is 12.7 Å². The Bertz CT molecular complexity index is 1270. The summed E-state index contributed by atoms with van der Waals surface area (Å²) in [5.74, 6) is -1.45. The van der Waals surface area contributed by atoms with Crippen LogP contribution in [0.3, 0.4) is 0 Å². The predicted molar refractivity (Wildman–Crippen MR) is 125 cm³/mol. The lowest BCUT2D eigenvalue weighted by Crippen LogP contribution is -2.25. The van der Waals surface area contributed by atoms with Crippen molar-refractivity contribution in [2.45, 2.75) is 41.3 Å². The molecule has 1 unspecified atom stereocenters. The fourth-order valence-electron chi connectivity index (χ4n) is 2.97. The van der Waals surface area contributed by atoms with Gasteiger partial charge in [0.05, 0.1) is 15.7 Å². The van der Waals surface area contributed by atoms with Crippen molar-refractivity contribution < 1.29 is 23.1 Å². The average molecular weight is 489 g/mol. The SMILES string of the molecule is CCC(Sc1nnc(CS(=O)(=O)c2ccc(C)cc2)n1C)C(=O)Nc1cccc(C(=O)O)c1. The van der Waals surface area contributed by atoms with Gasteiger partial charge in [0.2, 0.25) is 5.91 Å². The summed E-state index contributed by atoms with van der Waals surface area (Å²) < 4.78 is 27.1. The third-order valence-corrected chi connectivity index (χ3v) is 7.94. The molecule has 11 heteroatoms. The molecule has 0 spiro atoms. The Morgan fingerprint density at radius 2 is 1.85 bits per heavy atom. The van der Waals surface area contributed by atoms with Crippen LogP contribution >= 0.6 is 11.8 Å². The number of hydrogen-bond acceptors (Lipinski definition) is 7. The van der Waals surface area contributed by atoms with E-state index in [4.69, 9.17) is 5.11 Å². The number of anilines is 1. The van der Waals surface area contributed by atoms with Gasteiger partial charge in [-0.2, -0.15) is 0 Å². The highest BCUT2D eigenvalue weighted by molar-refractivity contribution is 8.00. The molecule has 3 rings (SSSR count). The van der Waals surface area contributed by atoms with Crippen molar-refractivity contribution in [3.8, 4) is 0 Å². The van der Waals surface area contributed by atoms with E-state index in [2.05, 4.69) is 15.5 Å². The number of carboxylic acids is 1. The number of carbonyl (C=O) groups is 2. The number of amides is 1. The molecule has 33 heavy (non-hydrogen) atoms. The molecule has 0 saturated heterocycles. The molecule has 1 atom stereocenters. The molecule has 0 aliphatic rings. The molecule has 1 amide bonds. The van der Waals surface area contributed by atoms with Gasteiger partial charge in [0.25, 0.3) is 0 Å². The molecule has 1 heterocycles. The summed E-state index contributed by atoms with van der Waals surface area (Å²) in [5.41, 5.74) is 1.41. The number of benzene rings is 2. The Hall–Kier alpha value is -3.18. The van der Waals surface area contributed by atoms with Crippen molar-refractivity contribution in [1.82, 2.24) is 14.8 Å². The van der Waals surface area contributed by atoms with Crippen LogP contribution in [-0.2, 0) is 27.4 Å². The lowest BCUT2D eigenvalue weighted by Gasteiger charge is -2.14. The third kappa shape index (κ3) is 5.99. The maximum atomic E-state index is 12.8. The molecule has 0 aliphatic heterocycles. The Labute approximate surface area is 196 Å². The van der Waals surface area contributed by atoms with E-state index >= 15 is 0 Å². The first-order valence-electron chi connectivity index (χ1n) is 10.1. The van der Waals surface area contributed by atoms with Crippen LogP contribution in [0, 0.1) is 6.92 Å². The second kappa shape index (κ2) is 10.2. The first-order valence-corrected chi connectivity index (χ1v) is 12.6. The summed E-state index contributed by atoms with van der Waals surface area (Å²) in [6.07, 6.45) is 0.471. The smallest absolute Gasteiger partial charge is 0.335 e. The first kappa shape index (κ1) is 24.5. The van der Waals surface area contributed by atoms with Crippen molar-refractivity contribution in [3.05, 3.63) is 65.5 Å². The summed E-state index contributed by atoms with van der Waals surface area (Å²) in [7, 11) is -1.95. The number of thioether (sulfide) groups is 1. The molecule has 1 aromatic heterocycles. The summed E-state index contributed by atoms with van der Waals surface area (Å²) in [4.78, 5) is 24.1. The fraction of sp³-hybridized carbons (Fsp3) is 0.273. The number of aryl methyl sites for hydroxylation is 1. The quantitative estimate of drug-likeness (QED) is 0.439. The molecule has 2 aromatic carbocycles. The molecule has 0 fully saturated rings. The zero-order valence-corrected chi connectivity index (χ0v) is 20.0. The zero-order valence-electron chi connectivity index (χ0n) is 18.3. The van der Waals surface area contributed by atoms with E-state index in [9.17, 15) is 18.0 Å². The van der Waals surface area contributed by atoms with E-state index in [1.54, 1.807) is 48.0 Å². The average Bonchev–Trinajstić information content (AvgIpc) is 3.10. The summed E-state index contributed by atoms with van der Waals surface area (Å²) in [5, 5.41) is 19.8. The van der Waals surface area contributed by atoms with E-state index < -0.39 is 21.1 Å². The second-order valence-corrected chi connectivity index (χ2v) is 10.6. The molecular formula is C22H24N4O5S2. The number of hydrogen-bond donors (Lipinski definition) is 2. The van der Waals surface area contributed by atoms with Crippen LogP contribution in [-0.4, -0.2) is 45.4 Å². The molecule has 9 nitrogen and oxygen atoms in total. The molecule has 0 bridgehead atoms. The Morgan fingerprint density at radius 1 is 1.15 bits per heavy atom. The van der Waals surface area contributed by atoms with Crippen LogP contribution in [0.15, 0.2) is 58.6 Å². The Kier molecular flexibility index (Phi) is 7.54. The van der Waals surface area contributed by atoms with Crippen LogP contribution in [0.4, 0.5) is 5.69 Å². The van der Waals surface area contributed by atoms with Crippen molar-refractivity contribution >= 4 is 39.2 Å². The predicted octanol–water partition coefficient (Wildman–Crippen LogP) is 3.31. The minimum Gasteiger partial charge on any atom is -0.478 e. The number of nitrogens with zero attached hydrogens (tertiary/aromatic N) is 3. The van der Waals surface area contributed by atoms with E-state index in [-0.39, 0.29) is 27.9 Å². The van der Waals surface area contributed by atoms with Gasteiger partial charge in [-0.1, -0.05) is 42.4 Å². The van der Waals surface area contributed by atoms with Gasteiger partial charge in [-0.25, -0.2) is 13.2 Å². The van der Waals surface area contributed by atoms with Crippen LogP contribution in [0.5, 0.6) is 0 Å². The summed E-state index contributed by atoms with van der Waals surface area (Å²) in [6, 6.07) is 12.6. The first-order chi connectivity index (χ1) is 15.6. The van der Waals surface area contributed by atoms with E-state index in [0.717, 1.165) is 17.3 Å². The maximum Gasteiger partial charge on any atom is 0.335 e. The van der Waals surface area contributed by atoms with Gasteiger partial charge >= 0.3 is 5.97 Å². The third-order valence-electron chi connectivity index (χ3n) is 4.91. The van der Waals surface area contributed by atoms with Crippen molar-refractivity contribution in [3.63, 3.8) is 0 Å². The zero-order chi connectivity index (χ0) is 24.2. The number of aromatic nitrogens is 3. The highest BCUT2D eigenvalue weighted by atomic mass is 32.2. The van der Waals surface area contributed by atoms with Crippen LogP contribution < -0.4 is 5.32 Å². The number of nitrogens with one attached hydrogen (secondary N) is 1. The highest BCUT2D eigenvalue weighted by Crippen LogP contribution is 2.26. The molecule has 0 radical (unpaired) electrons. The molecule has 174 valence electrons. The monoisotopic (exact) mass is 488 g/mol. The molecule has 3 aromatic rings. The van der Waals surface area contributed by atoms with Gasteiger partial charge in [-0.15, -0.1) is 10.2 Å². The maximum absolute atomic E-state index is 12.8. The topological polar surface area (TPSA) is 131 Å². The van der Waals surface area contributed by atoms with Gasteiger partial charge < -0.3 is 15.0 Å². The highest BCUT2D eigenvalue weighted by Gasteiger charge is 2.24. The summed E-state index contributed by atoms with van der Waals surface area (Å²) >= 11 is 1.16. The van der Waals surface area contributed by atoms with Crippen LogP contribution in [0.25, 0.3) is 0 Å². The van der Waals surface area contributed by atoms with Crippen molar-refractivity contribution in [1.29, 1.82) is 0 Å².